The van der Waals surface area contributed by atoms with Gasteiger partial charge in [-0.1, -0.05) is 29.8 Å². The van der Waals surface area contributed by atoms with Crippen molar-refractivity contribution in [3.8, 4) is 11.5 Å². The number of hydrogen-bond acceptors (Lipinski definition) is 4. The zero-order valence-electron chi connectivity index (χ0n) is 14.3. The van der Waals surface area contributed by atoms with Gasteiger partial charge in [-0.25, -0.2) is 0 Å². The molecular weight excluding hydrogens is 354 g/mol. The fourth-order valence-electron chi connectivity index (χ4n) is 3.62. The number of hydrogen-bond donors (Lipinski definition) is 1. The molecular formula is C20H20ClNO2S. The number of phenols is 1. The lowest BCUT2D eigenvalue weighted by molar-refractivity contribution is 0.190. The third kappa shape index (κ3) is 2.88. The van der Waals surface area contributed by atoms with E-state index in [0.29, 0.717) is 5.75 Å². The first-order chi connectivity index (χ1) is 12.1. The summed E-state index contributed by atoms with van der Waals surface area (Å²) in [5.41, 5.74) is 2.42. The molecule has 3 aromatic rings. The van der Waals surface area contributed by atoms with Crippen LogP contribution in [0.5, 0.6) is 11.5 Å². The highest BCUT2D eigenvalue weighted by Crippen LogP contribution is 2.40. The molecule has 0 saturated carbocycles. The van der Waals surface area contributed by atoms with E-state index in [4.69, 9.17) is 16.3 Å². The molecule has 0 radical (unpaired) electrons. The van der Waals surface area contributed by atoms with Crippen LogP contribution in [-0.2, 0) is 13.0 Å². The summed E-state index contributed by atoms with van der Waals surface area (Å²) in [6, 6.07) is 12.3. The lowest BCUT2D eigenvalue weighted by Crippen LogP contribution is -2.33. The molecule has 130 valence electrons. The Morgan fingerprint density at radius 1 is 1.32 bits per heavy atom. The largest absolute Gasteiger partial charge is 0.504 e. The molecule has 0 amide bonds. The summed E-state index contributed by atoms with van der Waals surface area (Å²) in [5, 5.41) is 12.1. The minimum atomic E-state index is 0.204. The average Bonchev–Trinajstić information content (AvgIpc) is 2.94. The number of nitrogens with zero attached hydrogens (tertiary/aromatic N) is 1. The summed E-state index contributed by atoms with van der Waals surface area (Å²) in [4.78, 5) is 3.63. The lowest BCUT2D eigenvalue weighted by Gasteiger charge is -2.35. The molecule has 5 heteroatoms. The summed E-state index contributed by atoms with van der Waals surface area (Å²) >= 11 is 8.38. The number of halogens is 1. The minimum Gasteiger partial charge on any atom is -0.504 e. The Labute approximate surface area is 156 Å². The van der Waals surface area contributed by atoms with Crippen LogP contribution in [0.15, 0.2) is 36.4 Å². The van der Waals surface area contributed by atoms with E-state index in [1.165, 1.54) is 20.7 Å². The predicted octanol–water partition coefficient (Wildman–Crippen LogP) is 5.39. The lowest BCUT2D eigenvalue weighted by atomic mass is 9.93. The molecule has 4 rings (SSSR count). The van der Waals surface area contributed by atoms with Gasteiger partial charge in [-0.05, 0) is 42.7 Å². The van der Waals surface area contributed by atoms with Crippen molar-refractivity contribution < 1.29 is 9.84 Å². The molecule has 3 nitrogen and oxygen atoms in total. The van der Waals surface area contributed by atoms with Gasteiger partial charge in [0.1, 0.15) is 0 Å². The van der Waals surface area contributed by atoms with Gasteiger partial charge in [-0.2, -0.15) is 0 Å². The summed E-state index contributed by atoms with van der Waals surface area (Å²) < 4.78 is 6.47. The minimum absolute atomic E-state index is 0.204. The van der Waals surface area contributed by atoms with E-state index in [9.17, 15) is 5.11 Å². The van der Waals surface area contributed by atoms with Gasteiger partial charge in [0.05, 0.1) is 12.1 Å². The molecule has 2 heterocycles. The highest BCUT2D eigenvalue weighted by atomic mass is 35.5. The fourth-order valence-corrected chi connectivity index (χ4v) is 5.14. The molecule has 0 aliphatic carbocycles. The quantitative estimate of drug-likeness (QED) is 0.668. The van der Waals surface area contributed by atoms with Crippen molar-refractivity contribution >= 4 is 33.0 Å². The van der Waals surface area contributed by atoms with Gasteiger partial charge >= 0.3 is 0 Å². The van der Waals surface area contributed by atoms with Gasteiger partial charge in [0.15, 0.2) is 11.5 Å². The van der Waals surface area contributed by atoms with Crippen molar-refractivity contribution in [1.82, 2.24) is 4.90 Å². The van der Waals surface area contributed by atoms with Crippen LogP contribution in [0.1, 0.15) is 29.0 Å². The van der Waals surface area contributed by atoms with Crippen LogP contribution in [0.2, 0.25) is 5.02 Å². The second-order valence-electron chi connectivity index (χ2n) is 6.45. The zero-order valence-corrected chi connectivity index (χ0v) is 15.8. The number of ether oxygens (including phenoxy) is 1. The molecule has 0 fully saturated rings. The van der Waals surface area contributed by atoms with Gasteiger partial charge in [0.2, 0.25) is 0 Å². The number of phenolic OH excluding ortho intramolecular Hbond substituents is 1. The predicted molar refractivity (Wildman–Crippen MR) is 104 cm³/mol. The number of aromatic hydroxyl groups is 1. The maximum atomic E-state index is 10.1. The van der Waals surface area contributed by atoms with Crippen molar-refractivity contribution in [3.05, 3.63) is 57.4 Å². The van der Waals surface area contributed by atoms with Gasteiger partial charge < -0.3 is 9.84 Å². The SMILES string of the molecule is COc1cc2c(cc1O)C(C)N(Cc1sc3ccccc3c1Cl)CC2. The molecule has 1 unspecified atom stereocenters. The molecule has 1 atom stereocenters. The molecule has 0 spiro atoms. The van der Waals surface area contributed by atoms with Gasteiger partial charge in [0.25, 0.3) is 0 Å². The van der Waals surface area contributed by atoms with E-state index in [1.807, 2.05) is 18.2 Å². The van der Waals surface area contributed by atoms with Crippen LogP contribution < -0.4 is 4.74 Å². The van der Waals surface area contributed by atoms with Crippen molar-refractivity contribution in [1.29, 1.82) is 0 Å². The Bertz CT molecular complexity index is 937. The smallest absolute Gasteiger partial charge is 0.160 e. The first-order valence-electron chi connectivity index (χ1n) is 8.38. The van der Waals surface area contributed by atoms with Crippen LogP contribution in [0.3, 0.4) is 0 Å². The van der Waals surface area contributed by atoms with Crippen LogP contribution >= 0.6 is 22.9 Å². The Balaban J connectivity index is 1.64. The molecule has 1 aliphatic rings. The normalized spacial score (nSPS) is 17.6. The fraction of sp³-hybridized carbons (Fsp3) is 0.300. The maximum absolute atomic E-state index is 10.1. The van der Waals surface area contributed by atoms with Gasteiger partial charge in [0, 0.05) is 34.1 Å². The standard InChI is InChI=1S/C20H20ClNO2S/c1-12-15-10-16(23)17(24-2)9-13(15)7-8-22(12)11-19-20(21)14-5-3-4-6-18(14)25-19/h3-6,9-10,12,23H,7-8,11H2,1-2H3. The van der Waals surface area contributed by atoms with Gasteiger partial charge in [-0.3, -0.25) is 4.90 Å². The first-order valence-corrected chi connectivity index (χ1v) is 9.57. The number of thiophene rings is 1. The van der Waals surface area contributed by atoms with Crippen LogP contribution in [0.4, 0.5) is 0 Å². The number of rotatable bonds is 3. The second-order valence-corrected chi connectivity index (χ2v) is 7.97. The topological polar surface area (TPSA) is 32.7 Å². The van der Waals surface area contributed by atoms with Crippen LogP contribution in [-0.4, -0.2) is 23.7 Å². The molecule has 25 heavy (non-hydrogen) atoms. The Morgan fingerprint density at radius 3 is 2.88 bits per heavy atom. The van der Waals surface area contributed by atoms with E-state index in [0.717, 1.165) is 29.9 Å². The van der Waals surface area contributed by atoms with Crippen molar-refractivity contribution in [2.75, 3.05) is 13.7 Å². The highest BCUT2D eigenvalue weighted by molar-refractivity contribution is 7.19. The third-order valence-corrected chi connectivity index (χ3v) is 6.75. The summed E-state index contributed by atoms with van der Waals surface area (Å²) in [6.07, 6.45) is 0.943. The number of methoxy groups -OCH3 is 1. The second kappa shape index (κ2) is 6.52. The van der Waals surface area contributed by atoms with E-state index < -0.39 is 0 Å². The Kier molecular flexibility index (Phi) is 4.36. The molecule has 2 aromatic carbocycles. The highest BCUT2D eigenvalue weighted by Gasteiger charge is 2.26. The van der Waals surface area contributed by atoms with Crippen LogP contribution in [0.25, 0.3) is 10.1 Å². The van der Waals surface area contributed by atoms with Gasteiger partial charge in [-0.15, -0.1) is 11.3 Å². The van der Waals surface area contributed by atoms with E-state index in [2.05, 4.69) is 30.0 Å². The summed E-state index contributed by atoms with van der Waals surface area (Å²) in [5.74, 6) is 0.752. The zero-order chi connectivity index (χ0) is 17.6. The molecule has 0 bridgehead atoms. The molecule has 1 aliphatic heterocycles. The molecule has 1 aromatic heterocycles. The van der Waals surface area contributed by atoms with Crippen molar-refractivity contribution in [3.63, 3.8) is 0 Å². The third-order valence-electron chi connectivity index (χ3n) is 5.06. The molecule has 0 saturated heterocycles. The number of benzene rings is 2. The average molecular weight is 374 g/mol. The van der Waals surface area contributed by atoms with E-state index >= 15 is 0 Å². The molecule has 1 N–H and O–H groups in total. The van der Waals surface area contributed by atoms with Crippen LogP contribution in [0, 0.1) is 0 Å². The van der Waals surface area contributed by atoms with E-state index in [1.54, 1.807) is 18.4 Å². The van der Waals surface area contributed by atoms with E-state index in [-0.39, 0.29) is 11.8 Å². The summed E-state index contributed by atoms with van der Waals surface area (Å²) in [7, 11) is 1.59. The summed E-state index contributed by atoms with van der Waals surface area (Å²) in [6.45, 7) is 3.98. The monoisotopic (exact) mass is 373 g/mol. The number of fused-ring (bicyclic) bond motifs is 2. The Hall–Kier alpha value is -1.75. The Morgan fingerprint density at radius 2 is 2.12 bits per heavy atom. The van der Waals surface area contributed by atoms with Crippen molar-refractivity contribution in [2.24, 2.45) is 0 Å². The van der Waals surface area contributed by atoms with Crippen molar-refractivity contribution in [2.45, 2.75) is 25.9 Å². The first kappa shape index (κ1) is 16.7. The maximum Gasteiger partial charge on any atom is 0.160 e.